The molecule has 1 saturated heterocycles. The number of amides is 4. The molecule has 0 aromatic carbocycles. The highest BCUT2D eigenvalue weighted by Crippen LogP contribution is 2.12. The number of H-pyrrole nitrogens is 1. The lowest BCUT2D eigenvalue weighted by Crippen LogP contribution is -2.52. The van der Waals surface area contributed by atoms with Crippen LogP contribution < -0.4 is 16.6 Å². The quantitative estimate of drug-likeness (QED) is 0.372. The van der Waals surface area contributed by atoms with Crippen LogP contribution in [-0.4, -0.2) is 44.5 Å². The molecule has 2 rings (SSSR count). The first-order chi connectivity index (χ1) is 12.1. The number of carbonyl (C=O) groups excluding carboxylic acids is 3. The van der Waals surface area contributed by atoms with Gasteiger partial charge in [-0.1, -0.05) is 17.7 Å². The number of nitrogens with zero attached hydrogens (tertiary/aromatic N) is 2. The van der Waals surface area contributed by atoms with Gasteiger partial charge in [0, 0.05) is 14.1 Å². The number of hydrogen-bond acceptors (Lipinski definition) is 6. The summed E-state index contributed by atoms with van der Waals surface area (Å²) in [5.41, 5.74) is -1.31. The SMILES string of the molecule is CC(C=Cc1c(O)n(C)c(=O)[nH]c1=O)=CC=C1C(=O)NC(=O)N(C)C1=O. The van der Waals surface area contributed by atoms with Gasteiger partial charge in [0.25, 0.3) is 17.4 Å². The minimum Gasteiger partial charge on any atom is -0.494 e. The molecular formula is C16H16N4O6. The second-order valence-electron chi connectivity index (χ2n) is 5.50. The number of allylic oxidation sites excluding steroid dienone is 4. The van der Waals surface area contributed by atoms with Crippen molar-refractivity contribution in [3.8, 4) is 5.88 Å². The second-order valence-corrected chi connectivity index (χ2v) is 5.50. The van der Waals surface area contributed by atoms with Gasteiger partial charge in [-0.05, 0) is 19.1 Å². The Morgan fingerprint density at radius 2 is 1.77 bits per heavy atom. The zero-order chi connectivity index (χ0) is 19.6. The van der Waals surface area contributed by atoms with Crippen molar-refractivity contribution in [2.75, 3.05) is 7.05 Å². The fraction of sp³-hybridized carbons (Fsp3) is 0.188. The van der Waals surface area contributed by atoms with E-state index in [0.717, 1.165) is 9.47 Å². The van der Waals surface area contributed by atoms with Crippen LogP contribution in [0.2, 0.25) is 0 Å². The standard InChI is InChI=1S/C16H16N4O6/c1-8(4-6-9-11(21)17-15(25)19(2)13(9)23)5-7-10-12(22)18-16(26)20(3)14(10)24/h4-7,23H,1-3H3,(H,17,21,25)(H,18,22,26). The molecule has 1 fully saturated rings. The summed E-state index contributed by atoms with van der Waals surface area (Å²) in [6.45, 7) is 1.63. The predicted octanol–water partition coefficient (Wildman–Crippen LogP) is -0.627. The van der Waals surface area contributed by atoms with Crippen LogP contribution in [-0.2, 0) is 16.6 Å². The molecule has 0 spiro atoms. The predicted molar refractivity (Wildman–Crippen MR) is 91.2 cm³/mol. The van der Waals surface area contributed by atoms with E-state index >= 15 is 0 Å². The molecule has 1 aromatic heterocycles. The maximum atomic E-state index is 11.9. The summed E-state index contributed by atoms with van der Waals surface area (Å²) in [4.78, 5) is 60.8. The highest BCUT2D eigenvalue weighted by atomic mass is 16.3. The van der Waals surface area contributed by atoms with E-state index in [1.165, 1.54) is 38.4 Å². The van der Waals surface area contributed by atoms with Gasteiger partial charge in [-0.25, -0.2) is 9.59 Å². The normalized spacial score (nSPS) is 17.3. The van der Waals surface area contributed by atoms with E-state index in [0.29, 0.717) is 5.57 Å². The third kappa shape index (κ3) is 3.53. The number of likely N-dealkylation sites (N-methyl/N-ethyl adjacent to an activating group) is 1. The van der Waals surface area contributed by atoms with Crippen LogP contribution in [0.5, 0.6) is 5.88 Å². The Kier molecular flexibility index (Phi) is 5.06. The van der Waals surface area contributed by atoms with Crippen molar-refractivity contribution in [3.63, 3.8) is 0 Å². The zero-order valence-electron chi connectivity index (χ0n) is 14.2. The Balaban J connectivity index is 2.31. The van der Waals surface area contributed by atoms with Crippen LogP contribution in [0.4, 0.5) is 4.79 Å². The maximum Gasteiger partial charge on any atom is 0.331 e. The summed E-state index contributed by atoms with van der Waals surface area (Å²) in [6.07, 6.45) is 5.41. The average Bonchev–Trinajstić information content (AvgIpc) is 2.57. The molecule has 136 valence electrons. The second kappa shape index (κ2) is 7.05. The number of carbonyl (C=O) groups is 3. The van der Waals surface area contributed by atoms with Crippen molar-refractivity contribution >= 4 is 23.9 Å². The summed E-state index contributed by atoms with van der Waals surface area (Å²) in [6, 6.07) is -0.804. The van der Waals surface area contributed by atoms with Crippen LogP contribution in [0.15, 0.2) is 39.0 Å². The first-order valence-corrected chi connectivity index (χ1v) is 7.35. The molecule has 0 unspecified atom stereocenters. The monoisotopic (exact) mass is 360 g/mol. The number of rotatable bonds is 3. The lowest BCUT2D eigenvalue weighted by molar-refractivity contribution is -0.129. The van der Waals surface area contributed by atoms with Crippen molar-refractivity contribution < 1.29 is 19.5 Å². The highest BCUT2D eigenvalue weighted by Gasteiger charge is 2.32. The first kappa shape index (κ1) is 18.6. The Bertz CT molecular complexity index is 1010. The van der Waals surface area contributed by atoms with Crippen molar-refractivity contribution in [2.45, 2.75) is 6.92 Å². The molecule has 10 nitrogen and oxygen atoms in total. The van der Waals surface area contributed by atoms with Gasteiger partial charge in [-0.2, -0.15) is 0 Å². The first-order valence-electron chi connectivity index (χ1n) is 7.35. The Hall–Kier alpha value is -3.69. The lowest BCUT2D eigenvalue weighted by atomic mass is 10.1. The van der Waals surface area contributed by atoms with Gasteiger partial charge in [-0.15, -0.1) is 0 Å². The number of aromatic nitrogens is 2. The van der Waals surface area contributed by atoms with Crippen molar-refractivity contribution in [1.82, 2.24) is 19.8 Å². The van der Waals surface area contributed by atoms with E-state index in [-0.39, 0.29) is 11.1 Å². The maximum absolute atomic E-state index is 11.9. The summed E-state index contributed by atoms with van der Waals surface area (Å²) in [5, 5.41) is 11.9. The lowest BCUT2D eigenvalue weighted by Gasteiger charge is -2.21. The molecule has 1 aliphatic rings. The van der Waals surface area contributed by atoms with E-state index in [9.17, 15) is 29.1 Å². The van der Waals surface area contributed by atoms with Crippen LogP contribution in [0, 0.1) is 0 Å². The third-order valence-electron chi connectivity index (χ3n) is 3.66. The Labute approximate surface area is 146 Å². The summed E-state index contributed by atoms with van der Waals surface area (Å²) < 4.78 is 0.875. The molecule has 0 atom stereocenters. The molecule has 0 saturated carbocycles. The van der Waals surface area contributed by atoms with Gasteiger partial charge in [0.2, 0.25) is 5.88 Å². The largest absolute Gasteiger partial charge is 0.494 e. The topological polar surface area (TPSA) is 142 Å². The fourth-order valence-electron chi connectivity index (χ4n) is 2.03. The van der Waals surface area contributed by atoms with E-state index in [2.05, 4.69) is 4.98 Å². The van der Waals surface area contributed by atoms with Crippen LogP contribution >= 0.6 is 0 Å². The van der Waals surface area contributed by atoms with E-state index in [1.807, 2.05) is 5.32 Å². The third-order valence-corrected chi connectivity index (χ3v) is 3.66. The number of nitrogens with one attached hydrogen (secondary N) is 2. The minimum atomic E-state index is -0.807. The smallest absolute Gasteiger partial charge is 0.331 e. The molecule has 3 N–H and O–H groups in total. The number of urea groups is 1. The van der Waals surface area contributed by atoms with Gasteiger partial charge in [0.05, 0.1) is 0 Å². The van der Waals surface area contributed by atoms with E-state index in [1.54, 1.807) is 6.92 Å². The molecular weight excluding hydrogens is 344 g/mol. The van der Waals surface area contributed by atoms with Gasteiger partial charge in [0.1, 0.15) is 11.1 Å². The summed E-state index contributed by atoms with van der Waals surface area (Å²) >= 11 is 0. The molecule has 0 radical (unpaired) electrons. The number of barbiturate groups is 1. The summed E-state index contributed by atoms with van der Waals surface area (Å²) in [5.74, 6) is -2.04. The Morgan fingerprint density at radius 1 is 1.12 bits per heavy atom. The van der Waals surface area contributed by atoms with Gasteiger partial charge < -0.3 is 5.11 Å². The molecule has 1 aliphatic heterocycles. The van der Waals surface area contributed by atoms with Gasteiger partial charge in [-0.3, -0.25) is 34.2 Å². The van der Waals surface area contributed by atoms with E-state index in [4.69, 9.17) is 0 Å². The number of aromatic amines is 1. The highest BCUT2D eigenvalue weighted by molar-refractivity contribution is 6.28. The Morgan fingerprint density at radius 3 is 2.42 bits per heavy atom. The molecule has 0 aliphatic carbocycles. The molecule has 10 heteroatoms. The molecule has 1 aromatic rings. The average molecular weight is 360 g/mol. The van der Waals surface area contributed by atoms with Crippen LogP contribution in [0.25, 0.3) is 6.08 Å². The number of hydrogen-bond donors (Lipinski definition) is 3. The van der Waals surface area contributed by atoms with Crippen molar-refractivity contribution in [3.05, 3.63) is 55.8 Å². The zero-order valence-corrected chi connectivity index (χ0v) is 14.2. The molecule has 4 amide bonds. The van der Waals surface area contributed by atoms with Gasteiger partial charge in [0.15, 0.2) is 0 Å². The molecule has 0 bridgehead atoms. The summed E-state index contributed by atoms with van der Waals surface area (Å²) in [7, 11) is 2.53. The number of aromatic hydroxyl groups is 1. The van der Waals surface area contributed by atoms with Crippen molar-refractivity contribution in [1.29, 1.82) is 0 Å². The number of imide groups is 2. The molecule has 26 heavy (non-hydrogen) atoms. The van der Waals surface area contributed by atoms with Crippen molar-refractivity contribution in [2.24, 2.45) is 7.05 Å². The van der Waals surface area contributed by atoms with E-state index < -0.39 is 35.0 Å². The van der Waals surface area contributed by atoms with Gasteiger partial charge >= 0.3 is 11.7 Å². The fourth-order valence-corrected chi connectivity index (χ4v) is 2.03. The molecule has 2 heterocycles. The van der Waals surface area contributed by atoms with Crippen LogP contribution in [0.1, 0.15) is 12.5 Å². The minimum absolute atomic E-state index is 0.121. The van der Waals surface area contributed by atoms with Crippen LogP contribution in [0.3, 0.4) is 0 Å².